The first-order valence-corrected chi connectivity index (χ1v) is 9.25. The number of nitrogens with one attached hydrogen (secondary N) is 1. The second-order valence-corrected chi connectivity index (χ2v) is 6.79. The minimum absolute atomic E-state index is 0.0571. The van der Waals surface area contributed by atoms with E-state index in [0.717, 1.165) is 11.1 Å². The fourth-order valence-corrected chi connectivity index (χ4v) is 2.96. The number of nitrogens with zero attached hydrogens (tertiary/aromatic N) is 2. The van der Waals surface area contributed by atoms with Crippen molar-refractivity contribution in [3.8, 4) is 23.1 Å². The summed E-state index contributed by atoms with van der Waals surface area (Å²) >= 11 is 0. The van der Waals surface area contributed by atoms with Crippen LogP contribution in [-0.4, -0.2) is 17.9 Å². The maximum atomic E-state index is 12.6. The Balaban J connectivity index is 1.88. The Morgan fingerprint density at radius 1 is 1.19 bits per heavy atom. The number of methoxy groups -OCH3 is 1. The van der Waals surface area contributed by atoms with Gasteiger partial charge in [-0.1, -0.05) is 12.1 Å². The quantitative estimate of drug-likeness (QED) is 0.260. The van der Waals surface area contributed by atoms with Crippen molar-refractivity contribution in [2.45, 2.75) is 13.8 Å². The van der Waals surface area contributed by atoms with Crippen molar-refractivity contribution >= 4 is 23.4 Å². The number of nitriles is 1. The molecule has 0 aliphatic heterocycles. The molecule has 0 aliphatic rings. The number of nitro benzene ring substituents is 1. The van der Waals surface area contributed by atoms with Crippen LogP contribution in [0.3, 0.4) is 0 Å². The van der Waals surface area contributed by atoms with Crippen molar-refractivity contribution in [2.24, 2.45) is 0 Å². The Morgan fingerprint density at radius 3 is 2.65 bits per heavy atom. The Kier molecular flexibility index (Phi) is 6.17. The molecule has 1 amide bonds. The summed E-state index contributed by atoms with van der Waals surface area (Å²) in [6.07, 6.45) is 1.31. The van der Waals surface area contributed by atoms with Gasteiger partial charge >= 0.3 is 0 Å². The molecule has 0 atom stereocenters. The third-order valence-corrected chi connectivity index (χ3v) is 4.58. The highest BCUT2D eigenvalue weighted by molar-refractivity contribution is 6.10. The van der Waals surface area contributed by atoms with Gasteiger partial charge in [-0.25, -0.2) is 0 Å². The van der Waals surface area contributed by atoms with Gasteiger partial charge in [0.15, 0.2) is 0 Å². The standard InChI is InChI=1S/C23H19N3O5/c1-14-4-8-22(30-3)20(10-14)25-23(27)16(13-24)11-18-7-9-21(31-18)19-12-17(26(28)29)6-5-15(19)2/h4-12H,1-3H3,(H,25,27)/b16-11+. The first kappa shape index (κ1) is 21.3. The predicted octanol–water partition coefficient (Wildman–Crippen LogP) is 5.03. The number of aryl methyl sites for hydroxylation is 2. The fraction of sp³-hybridized carbons (Fsp3) is 0.130. The van der Waals surface area contributed by atoms with Crippen LogP contribution in [0.15, 0.2) is 58.5 Å². The third kappa shape index (κ3) is 4.79. The van der Waals surface area contributed by atoms with E-state index in [2.05, 4.69) is 5.32 Å². The average molecular weight is 417 g/mol. The molecule has 8 nitrogen and oxygen atoms in total. The van der Waals surface area contributed by atoms with Crippen LogP contribution >= 0.6 is 0 Å². The Hall–Kier alpha value is -4.38. The van der Waals surface area contributed by atoms with Crippen molar-refractivity contribution in [3.63, 3.8) is 0 Å². The second kappa shape index (κ2) is 8.97. The van der Waals surface area contributed by atoms with Crippen LogP contribution in [0.25, 0.3) is 17.4 Å². The van der Waals surface area contributed by atoms with E-state index in [1.807, 2.05) is 19.1 Å². The van der Waals surface area contributed by atoms with Crippen LogP contribution in [0.4, 0.5) is 11.4 Å². The van der Waals surface area contributed by atoms with Crippen molar-refractivity contribution in [1.82, 2.24) is 0 Å². The number of nitro groups is 1. The van der Waals surface area contributed by atoms with E-state index < -0.39 is 10.8 Å². The van der Waals surface area contributed by atoms with E-state index in [1.54, 1.807) is 37.3 Å². The van der Waals surface area contributed by atoms with Crippen LogP contribution in [-0.2, 0) is 4.79 Å². The van der Waals surface area contributed by atoms with Crippen molar-refractivity contribution in [1.29, 1.82) is 5.26 Å². The number of furan rings is 1. The summed E-state index contributed by atoms with van der Waals surface area (Å²) < 4.78 is 11.0. The third-order valence-electron chi connectivity index (χ3n) is 4.58. The van der Waals surface area contributed by atoms with Crippen LogP contribution in [0.5, 0.6) is 5.75 Å². The maximum Gasteiger partial charge on any atom is 0.270 e. The molecule has 3 rings (SSSR count). The molecule has 0 bridgehead atoms. The monoisotopic (exact) mass is 417 g/mol. The zero-order chi connectivity index (χ0) is 22.5. The van der Waals surface area contributed by atoms with E-state index in [0.29, 0.717) is 22.8 Å². The first-order valence-electron chi connectivity index (χ1n) is 9.25. The van der Waals surface area contributed by atoms with Gasteiger partial charge in [0.1, 0.15) is 28.9 Å². The van der Waals surface area contributed by atoms with Gasteiger partial charge in [-0.3, -0.25) is 14.9 Å². The molecule has 0 saturated carbocycles. The number of ether oxygens (including phenoxy) is 1. The van der Waals surface area contributed by atoms with Crippen LogP contribution in [0.1, 0.15) is 16.9 Å². The Bertz CT molecular complexity index is 1230. The van der Waals surface area contributed by atoms with Gasteiger partial charge in [0.25, 0.3) is 11.6 Å². The lowest BCUT2D eigenvalue weighted by Crippen LogP contribution is -2.14. The lowest BCUT2D eigenvalue weighted by atomic mass is 10.1. The van der Waals surface area contributed by atoms with Crippen molar-refractivity contribution in [3.05, 3.63) is 81.1 Å². The number of carbonyl (C=O) groups is 1. The molecule has 1 heterocycles. The molecule has 0 radical (unpaired) electrons. The smallest absolute Gasteiger partial charge is 0.270 e. The molecule has 1 N–H and O–H groups in total. The van der Waals surface area contributed by atoms with E-state index in [-0.39, 0.29) is 17.0 Å². The van der Waals surface area contributed by atoms with Crippen LogP contribution in [0, 0.1) is 35.3 Å². The van der Waals surface area contributed by atoms with Gasteiger partial charge in [0.2, 0.25) is 0 Å². The predicted molar refractivity (Wildman–Crippen MR) is 115 cm³/mol. The van der Waals surface area contributed by atoms with Crippen molar-refractivity contribution in [2.75, 3.05) is 12.4 Å². The summed E-state index contributed by atoms with van der Waals surface area (Å²) in [5.74, 6) is 0.517. The van der Waals surface area contributed by atoms with Gasteiger partial charge in [0, 0.05) is 23.8 Å². The fourth-order valence-electron chi connectivity index (χ4n) is 2.96. The molecule has 0 saturated heterocycles. The number of carbonyl (C=O) groups excluding carboxylic acids is 1. The number of hydrogen-bond donors (Lipinski definition) is 1. The number of anilines is 1. The average Bonchev–Trinajstić information content (AvgIpc) is 3.20. The highest BCUT2D eigenvalue weighted by Gasteiger charge is 2.16. The Morgan fingerprint density at radius 2 is 1.97 bits per heavy atom. The summed E-state index contributed by atoms with van der Waals surface area (Å²) in [7, 11) is 1.49. The number of hydrogen-bond acceptors (Lipinski definition) is 6. The summed E-state index contributed by atoms with van der Waals surface area (Å²) in [5.41, 5.74) is 2.49. The van der Waals surface area contributed by atoms with Crippen LogP contribution < -0.4 is 10.1 Å². The molecule has 0 unspecified atom stereocenters. The topological polar surface area (TPSA) is 118 Å². The summed E-state index contributed by atoms with van der Waals surface area (Å²) in [5, 5.41) is 23.2. The van der Waals surface area contributed by atoms with Gasteiger partial charge in [-0.15, -0.1) is 0 Å². The molecule has 8 heteroatoms. The molecule has 156 valence electrons. The Labute approximate surface area is 178 Å². The molecule has 3 aromatic rings. The molecular weight excluding hydrogens is 398 g/mol. The largest absolute Gasteiger partial charge is 0.495 e. The molecule has 2 aromatic carbocycles. The number of rotatable bonds is 6. The normalized spacial score (nSPS) is 11.0. The minimum Gasteiger partial charge on any atom is -0.495 e. The van der Waals surface area contributed by atoms with E-state index in [4.69, 9.17) is 9.15 Å². The SMILES string of the molecule is COc1ccc(C)cc1NC(=O)/C(C#N)=C/c1ccc(-c2cc([N+](=O)[O-])ccc2C)o1. The molecule has 31 heavy (non-hydrogen) atoms. The zero-order valence-corrected chi connectivity index (χ0v) is 17.1. The number of benzene rings is 2. The van der Waals surface area contributed by atoms with Gasteiger partial charge in [0.05, 0.1) is 17.7 Å². The van der Waals surface area contributed by atoms with Gasteiger partial charge in [-0.2, -0.15) is 5.26 Å². The van der Waals surface area contributed by atoms with Gasteiger partial charge < -0.3 is 14.5 Å². The molecular formula is C23H19N3O5. The minimum atomic E-state index is -0.615. The number of amides is 1. The van der Waals surface area contributed by atoms with Gasteiger partial charge in [-0.05, 0) is 49.2 Å². The summed E-state index contributed by atoms with van der Waals surface area (Å²) in [6, 6.07) is 14.9. The van der Waals surface area contributed by atoms with E-state index in [9.17, 15) is 20.2 Å². The highest BCUT2D eigenvalue weighted by atomic mass is 16.6. The zero-order valence-electron chi connectivity index (χ0n) is 17.1. The van der Waals surface area contributed by atoms with E-state index in [1.165, 1.54) is 25.3 Å². The molecule has 0 aliphatic carbocycles. The highest BCUT2D eigenvalue weighted by Crippen LogP contribution is 2.30. The second-order valence-electron chi connectivity index (χ2n) is 6.79. The summed E-state index contributed by atoms with van der Waals surface area (Å²) in [6.45, 7) is 3.68. The lowest BCUT2D eigenvalue weighted by molar-refractivity contribution is -0.384. The van der Waals surface area contributed by atoms with E-state index >= 15 is 0 Å². The first-order chi connectivity index (χ1) is 14.8. The van der Waals surface area contributed by atoms with Crippen LogP contribution in [0.2, 0.25) is 0 Å². The maximum absolute atomic E-state index is 12.6. The van der Waals surface area contributed by atoms with Crippen molar-refractivity contribution < 1.29 is 18.9 Å². The molecule has 0 fully saturated rings. The lowest BCUT2D eigenvalue weighted by Gasteiger charge is -2.10. The molecule has 0 spiro atoms. The summed E-state index contributed by atoms with van der Waals surface area (Å²) in [4.78, 5) is 23.2. The number of non-ortho nitro benzene ring substituents is 1. The molecule has 1 aromatic heterocycles.